The first-order valence-electron chi connectivity index (χ1n) is 11.7. The monoisotopic (exact) mass is 526 g/mol. The number of methoxy groups -OCH3 is 1. The summed E-state index contributed by atoms with van der Waals surface area (Å²) >= 11 is 7.49. The zero-order chi connectivity index (χ0) is 25.3. The van der Waals surface area contributed by atoms with Crippen molar-refractivity contribution in [3.8, 4) is 16.3 Å². The molecule has 0 radical (unpaired) electrons. The molecule has 1 amide bonds. The fourth-order valence-electron chi connectivity index (χ4n) is 4.82. The number of rotatable bonds is 6. The number of carbonyl (C=O) groups is 1. The SMILES string of the molecule is COCOc1cc(Cl)ccc1-c1nnc(N(C)[C@H]2CC3CCCC([C@H]2F)N3C(=O)OC(C)(C)C)s1. The molecule has 1 aromatic carbocycles. The van der Waals surface area contributed by atoms with Crippen LogP contribution in [-0.4, -0.2) is 72.0 Å². The Morgan fingerprint density at radius 1 is 1.31 bits per heavy atom. The topological polar surface area (TPSA) is 77.0 Å². The average molecular weight is 527 g/mol. The van der Waals surface area contributed by atoms with Gasteiger partial charge in [0.1, 0.15) is 17.5 Å². The number of benzene rings is 1. The largest absolute Gasteiger partial charge is 0.467 e. The quantitative estimate of drug-likeness (QED) is 0.457. The van der Waals surface area contributed by atoms with Gasteiger partial charge in [0, 0.05) is 25.2 Å². The van der Waals surface area contributed by atoms with Gasteiger partial charge in [-0.05, 0) is 64.7 Å². The van der Waals surface area contributed by atoms with Gasteiger partial charge in [0.05, 0.1) is 17.6 Å². The van der Waals surface area contributed by atoms with Crippen LogP contribution in [0.1, 0.15) is 46.5 Å². The number of hydrogen-bond acceptors (Lipinski definition) is 8. The molecule has 2 bridgehead atoms. The van der Waals surface area contributed by atoms with E-state index in [1.54, 1.807) is 24.1 Å². The number of fused-ring (bicyclic) bond motifs is 2. The first kappa shape index (κ1) is 25.9. The molecule has 2 saturated heterocycles. The normalized spacial score (nSPS) is 24.3. The van der Waals surface area contributed by atoms with Crippen LogP contribution in [0, 0.1) is 0 Å². The molecule has 2 unspecified atom stereocenters. The van der Waals surface area contributed by atoms with Crippen molar-refractivity contribution in [1.29, 1.82) is 0 Å². The summed E-state index contributed by atoms with van der Waals surface area (Å²) in [4.78, 5) is 16.4. The first-order chi connectivity index (χ1) is 16.6. The van der Waals surface area contributed by atoms with Crippen molar-refractivity contribution in [3.63, 3.8) is 0 Å². The molecule has 4 atom stereocenters. The third-order valence-electron chi connectivity index (χ3n) is 6.36. The minimum Gasteiger partial charge on any atom is -0.467 e. The highest BCUT2D eigenvalue weighted by Crippen LogP contribution is 2.41. The van der Waals surface area contributed by atoms with E-state index in [0.29, 0.717) is 33.8 Å². The minimum absolute atomic E-state index is 0.0687. The maximum absolute atomic E-state index is 15.9. The number of halogens is 2. The molecule has 0 aliphatic carbocycles. The molecule has 1 aromatic heterocycles. The van der Waals surface area contributed by atoms with Crippen LogP contribution in [0.25, 0.3) is 10.6 Å². The lowest BCUT2D eigenvalue weighted by Gasteiger charge is -2.51. The van der Waals surface area contributed by atoms with E-state index in [2.05, 4.69) is 10.2 Å². The second-order valence-electron chi connectivity index (χ2n) is 9.98. The van der Waals surface area contributed by atoms with Crippen LogP contribution in [0.2, 0.25) is 5.02 Å². The number of ether oxygens (including phenoxy) is 3. The Balaban J connectivity index is 1.54. The Hall–Kier alpha value is -2.17. The third kappa shape index (κ3) is 5.65. The summed E-state index contributed by atoms with van der Waals surface area (Å²) in [5, 5.41) is 10.5. The number of piperidine rings is 2. The Labute approximate surface area is 214 Å². The van der Waals surface area contributed by atoms with E-state index in [1.807, 2.05) is 38.8 Å². The second-order valence-corrected chi connectivity index (χ2v) is 11.4. The zero-order valence-electron chi connectivity index (χ0n) is 20.7. The number of hydrogen-bond donors (Lipinski definition) is 0. The predicted octanol–water partition coefficient (Wildman–Crippen LogP) is 5.55. The van der Waals surface area contributed by atoms with Crippen LogP contribution in [0.15, 0.2) is 18.2 Å². The summed E-state index contributed by atoms with van der Waals surface area (Å²) in [7, 11) is 3.38. The summed E-state index contributed by atoms with van der Waals surface area (Å²) in [6.07, 6.45) is 1.20. The minimum atomic E-state index is -1.23. The smallest absolute Gasteiger partial charge is 0.410 e. The lowest BCUT2D eigenvalue weighted by molar-refractivity contribution is -0.0466. The second kappa shape index (κ2) is 10.4. The predicted molar refractivity (Wildman–Crippen MR) is 134 cm³/mol. The molecule has 0 spiro atoms. The summed E-state index contributed by atoms with van der Waals surface area (Å²) in [5.41, 5.74) is 0.110. The van der Waals surface area contributed by atoms with Gasteiger partial charge < -0.3 is 19.1 Å². The molecule has 4 rings (SSSR count). The van der Waals surface area contributed by atoms with Gasteiger partial charge in [0.15, 0.2) is 11.8 Å². The van der Waals surface area contributed by atoms with Gasteiger partial charge in [0.2, 0.25) is 5.13 Å². The number of carbonyl (C=O) groups excluding carboxylic acids is 1. The molecule has 0 N–H and O–H groups in total. The fourth-order valence-corrected chi connectivity index (χ4v) is 5.87. The fraction of sp³-hybridized carbons (Fsp3) is 0.625. The van der Waals surface area contributed by atoms with Crippen LogP contribution in [-0.2, 0) is 9.47 Å². The molecule has 2 aliphatic heterocycles. The highest BCUT2D eigenvalue weighted by atomic mass is 35.5. The van der Waals surface area contributed by atoms with Crippen LogP contribution in [0.5, 0.6) is 5.75 Å². The van der Waals surface area contributed by atoms with Gasteiger partial charge in [-0.2, -0.15) is 0 Å². The number of anilines is 1. The number of nitrogens with zero attached hydrogens (tertiary/aromatic N) is 4. The highest BCUT2D eigenvalue weighted by Gasteiger charge is 2.50. The molecule has 0 saturated carbocycles. The van der Waals surface area contributed by atoms with Gasteiger partial charge >= 0.3 is 6.09 Å². The number of amides is 1. The Kier molecular flexibility index (Phi) is 7.73. The maximum atomic E-state index is 15.9. The van der Waals surface area contributed by atoms with Gasteiger partial charge in [-0.3, -0.25) is 4.90 Å². The summed E-state index contributed by atoms with van der Waals surface area (Å²) in [6.45, 7) is 5.55. The zero-order valence-corrected chi connectivity index (χ0v) is 22.2. The van der Waals surface area contributed by atoms with E-state index in [9.17, 15) is 4.79 Å². The highest BCUT2D eigenvalue weighted by molar-refractivity contribution is 7.18. The van der Waals surface area contributed by atoms with Crippen molar-refractivity contribution < 1.29 is 23.4 Å². The molecule has 2 aliphatic rings. The van der Waals surface area contributed by atoms with E-state index in [0.717, 1.165) is 18.4 Å². The molecule has 11 heteroatoms. The van der Waals surface area contributed by atoms with E-state index < -0.39 is 29.9 Å². The van der Waals surface area contributed by atoms with E-state index in [-0.39, 0.29) is 12.8 Å². The van der Waals surface area contributed by atoms with E-state index in [4.69, 9.17) is 25.8 Å². The van der Waals surface area contributed by atoms with Crippen LogP contribution in [0.3, 0.4) is 0 Å². The van der Waals surface area contributed by atoms with E-state index >= 15 is 4.39 Å². The Morgan fingerprint density at radius 2 is 2.09 bits per heavy atom. The number of alkyl halides is 1. The standard InChI is InChI=1S/C24H32ClFN4O4S/c1-24(2,3)34-23(31)30-15-7-6-8-17(30)20(26)18(12-15)29(4)22-28-27-21(35-22)16-10-9-14(25)11-19(16)33-13-32-5/h9-11,15,17-18,20H,6-8,12-13H2,1-5H3/t15?,17?,18-,20+/m0/s1. The van der Waals surface area contributed by atoms with E-state index in [1.165, 1.54) is 11.3 Å². The molecule has 3 heterocycles. The van der Waals surface area contributed by atoms with Crippen molar-refractivity contribution >= 4 is 34.2 Å². The van der Waals surface area contributed by atoms with Gasteiger partial charge in [0.25, 0.3) is 0 Å². The summed E-state index contributed by atoms with van der Waals surface area (Å²) in [5.74, 6) is 0.535. The third-order valence-corrected chi connectivity index (χ3v) is 7.64. The van der Waals surface area contributed by atoms with Gasteiger partial charge in [-0.1, -0.05) is 22.9 Å². The molecular formula is C24H32ClFN4O4S. The molecular weight excluding hydrogens is 495 g/mol. The van der Waals surface area contributed by atoms with Gasteiger partial charge in [-0.25, -0.2) is 9.18 Å². The summed E-state index contributed by atoms with van der Waals surface area (Å²) in [6, 6.07) is 4.28. The Morgan fingerprint density at radius 3 is 2.80 bits per heavy atom. The first-order valence-corrected chi connectivity index (χ1v) is 12.9. The van der Waals surface area contributed by atoms with Crippen LogP contribution >= 0.6 is 22.9 Å². The molecule has 2 fully saturated rings. The Bertz CT molecular complexity index is 1050. The molecule has 35 heavy (non-hydrogen) atoms. The van der Waals surface area contributed by atoms with Gasteiger partial charge in [-0.15, -0.1) is 10.2 Å². The number of aromatic nitrogens is 2. The van der Waals surface area contributed by atoms with Crippen molar-refractivity contribution in [2.24, 2.45) is 0 Å². The van der Waals surface area contributed by atoms with Crippen molar-refractivity contribution in [2.75, 3.05) is 25.9 Å². The summed E-state index contributed by atoms with van der Waals surface area (Å²) < 4.78 is 32.2. The van der Waals surface area contributed by atoms with Crippen molar-refractivity contribution in [2.45, 2.75) is 76.4 Å². The lowest BCUT2D eigenvalue weighted by atomic mass is 9.80. The van der Waals surface area contributed by atoms with Crippen molar-refractivity contribution in [3.05, 3.63) is 23.2 Å². The molecule has 192 valence electrons. The van der Waals surface area contributed by atoms with Crippen LogP contribution in [0.4, 0.5) is 14.3 Å². The molecule has 8 nitrogen and oxygen atoms in total. The lowest BCUT2D eigenvalue weighted by Crippen LogP contribution is -2.65. The maximum Gasteiger partial charge on any atom is 0.410 e. The van der Waals surface area contributed by atoms with Crippen LogP contribution < -0.4 is 9.64 Å². The average Bonchev–Trinajstić information content (AvgIpc) is 3.28. The molecule has 2 aromatic rings. The van der Waals surface area contributed by atoms with Crippen molar-refractivity contribution in [1.82, 2.24) is 15.1 Å².